The summed E-state index contributed by atoms with van der Waals surface area (Å²) in [4.78, 5) is 13.3. The highest BCUT2D eigenvalue weighted by Crippen LogP contribution is 2.25. The van der Waals surface area contributed by atoms with E-state index < -0.39 is 15.9 Å². The fourth-order valence-corrected chi connectivity index (χ4v) is 5.10. The number of carbonyl (C=O) groups excluding carboxylic acids is 1. The van der Waals surface area contributed by atoms with Crippen LogP contribution in [0.5, 0.6) is 0 Å². The zero-order valence-corrected chi connectivity index (χ0v) is 20.2. The highest BCUT2D eigenvalue weighted by atomic mass is 35.5. The molecular formula is C22H27Cl2N3O4S. The molecule has 2 N–H and O–H groups in total. The van der Waals surface area contributed by atoms with Crippen LogP contribution < -0.4 is 10.0 Å². The van der Waals surface area contributed by atoms with Crippen LogP contribution in [0.25, 0.3) is 0 Å². The van der Waals surface area contributed by atoms with Crippen LogP contribution in [0.15, 0.2) is 42.5 Å². The lowest BCUT2D eigenvalue weighted by Crippen LogP contribution is -2.48. The molecule has 1 atom stereocenters. The number of hydrogen-bond donors (Lipinski definition) is 1. The second-order valence-electron chi connectivity index (χ2n) is 7.72. The van der Waals surface area contributed by atoms with Crippen LogP contribution in [0, 0.1) is 0 Å². The molecule has 1 saturated heterocycles. The van der Waals surface area contributed by atoms with Gasteiger partial charge in [0, 0.05) is 19.6 Å². The first kappa shape index (κ1) is 24.8. The zero-order valence-electron chi connectivity index (χ0n) is 17.8. The van der Waals surface area contributed by atoms with Crippen LogP contribution in [-0.2, 0) is 32.5 Å². The van der Waals surface area contributed by atoms with Gasteiger partial charge in [-0.15, -0.1) is 0 Å². The van der Waals surface area contributed by atoms with Gasteiger partial charge in [0.2, 0.25) is 15.9 Å². The minimum atomic E-state index is -3.52. The second-order valence-corrected chi connectivity index (χ2v) is 10.7. The maximum Gasteiger partial charge on any atom is 0.234 e. The van der Waals surface area contributed by atoms with E-state index in [1.807, 2.05) is 12.1 Å². The van der Waals surface area contributed by atoms with Crippen LogP contribution >= 0.6 is 23.2 Å². The van der Waals surface area contributed by atoms with Crippen molar-refractivity contribution in [1.82, 2.24) is 4.90 Å². The van der Waals surface area contributed by atoms with Crippen molar-refractivity contribution >= 4 is 44.8 Å². The first-order valence-electron chi connectivity index (χ1n) is 10.3. The molecule has 0 radical (unpaired) electrons. The van der Waals surface area contributed by atoms with Crippen molar-refractivity contribution in [3.63, 3.8) is 0 Å². The largest absolute Gasteiger partial charge is 0.374 e. The summed E-state index contributed by atoms with van der Waals surface area (Å²) in [5.74, 6) is -0.469. The van der Waals surface area contributed by atoms with Crippen molar-refractivity contribution in [2.45, 2.75) is 26.0 Å². The first-order valence-corrected chi connectivity index (χ1v) is 12.7. The predicted octanol–water partition coefficient (Wildman–Crippen LogP) is 3.08. The molecule has 174 valence electrons. The molecular weight excluding hydrogens is 473 g/mol. The van der Waals surface area contributed by atoms with E-state index in [1.54, 1.807) is 37.3 Å². The molecule has 1 aliphatic heterocycles. The number of anilines is 1. The average Bonchev–Trinajstić information content (AvgIpc) is 2.75. The van der Waals surface area contributed by atoms with E-state index in [1.165, 1.54) is 4.31 Å². The van der Waals surface area contributed by atoms with Gasteiger partial charge in [0.25, 0.3) is 0 Å². The van der Waals surface area contributed by atoms with E-state index >= 15 is 0 Å². The molecule has 2 aromatic carbocycles. The number of rotatable bonds is 9. The number of morpholine rings is 1. The third-order valence-electron chi connectivity index (χ3n) is 5.29. The third-order valence-corrected chi connectivity index (χ3v) is 7.79. The Morgan fingerprint density at radius 3 is 2.47 bits per heavy atom. The van der Waals surface area contributed by atoms with E-state index in [-0.39, 0.29) is 24.8 Å². The molecule has 32 heavy (non-hydrogen) atoms. The normalized spacial score (nSPS) is 17.3. The van der Waals surface area contributed by atoms with Crippen LogP contribution in [0.4, 0.5) is 5.69 Å². The molecule has 7 nitrogen and oxygen atoms in total. The molecule has 1 amide bonds. The smallest absolute Gasteiger partial charge is 0.234 e. The van der Waals surface area contributed by atoms with Gasteiger partial charge in [-0.3, -0.25) is 14.0 Å². The Bertz CT molecular complexity index is 1050. The number of carbonyl (C=O) groups is 1. The number of primary amides is 1. The Kier molecular flexibility index (Phi) is 8.41. The molecule has 1 heterocycles. The molecule has 0 spiro atoms. The van der Waals surface area contributed by atoms with E-state index in [2.05, 4.69) is 4.90 Å². The number of hydrogen-bond acceptors (Lipinski definition) is 5. The quantitative estimate of drug-likeness (QED) is 0.572. The van der Waals surface area contributed by atoms with Gasteiger partial charge in [0.15, 0.2) is 0 Å². The fourth-order valence-electron chi connectivity index (χ4n) is 3.63. The number of benzene rings is 2. The minimum Gasteiger partial charge on any atom is -0.374 e. The Balaban J connectivity index is 1.72. The van der Waals surface area contributed by atoms with Crippen molar-refractivity contribution in [3.8, 4) is 0 Å². The zero-order chi connectivity index (χ0) is 23.3. The third kappa shape index (κ3) is 6.59. The van der Waals surface area contributed by atoms with Gasteiger partial charge in [-0.05, 0) is 42.3 Å². The van der Waals surface area contributed by atoms with Gasteiger partial charge >= 0.3 is 0 Å². The molecule has 0 aromatic heterocycles. The van der Waals surface area contributed by atoms with Crippen molar-refractivity contribution in [1.29, 1.82) is 0 Å². The van der Waals surface area contributed by atoms with Crippen molar-refractivity contribution in [2.75, 3.05) is 36.3 Å². The number of nitrogens with zero attached hydrogens (tertiary/aromatic N) is 2. The summed E-state index contributed by atoms with van der Waals surface area (Å²) in [6.45, 7) is 4.29. The second kappa shape index (κ2) is 10.9. The number of amides is 1. The minimum absolute atomic E-state index is 0.0320. The van der Waals surface area contributed by atoms with Gasteiger partial charge in [-0.2, -0.15) is 0 Å². The highest BCUT2D eigenvalue weighted by molar-refractivity contribution is 7.92. The SMILES string of the molecule is CCS(=O)(=O)N(CC1CN(Cc2ccc(Cl)c(Cl)c2)CCO1)c1ccc(CC(N)=O)cc1. The summed E-state index contributed by atoms with van der Waals surface area (Å²) in [5.41, 5.74) is 7.54. The van der Waals surface area contributed by atoms with Gasteiger partial charge in [-0.1, -0.05) is 41.4 Å². The summed E-state index contributed by atoms with van der Waals surface area (Å²) in [5, 5.41) is 1.02. The van der Waals surface area contributed by atoms with Crippen LogP contribution in [0.2, 0.25) is 10.0 Å². The van der Waals surface area contributed by atoms with Crippen molar-refractivity contribution in [3.05, 3.63) is 63.6 Å². The lowest BCUT2D eigenvalue weighted by molar-refractivity contribution is -0.117. The Labute approximate surface area is 199 Å². The summed E-state index contributed by atoms with van der Waals surface area (Å²) >= 11 is 12.1. The lowest BCUT2D eigenvalue weighted by Gasteiger charge is -2.36. The van der Waals surface area contributed by atoms with E-state index in [0.717, 1.165) is 17.7 Å². The van der Waals surface area contributed by atoms with Crippen LogP contribution in [0.1, 0.15) is 18.1 Å². The molecule has 10 heteroatoms. The van der Waals surface area contributed by atoms with Gasteiger partial charge in [0.1, 0.15) is 0 Å². The van der Waals surface area contributed by atoms with E-state index in [0.29, 0.717) is 35.4 Å². The molecule has 1 aliphatic rings. The standard InChI is InChI=1S/C22H27Cl2N3O4S/c1-2-32(29,30)27(18-6-3-16(4-7-18)12-22(25)28)15-19-14-26(9-10-31-19)13-17-5-8-20(23)21(24)11-17/h3-8,11,19H,2,9-10,12-15H2,1H3,(H2,25,28). The number of sulfonamides is 1. The summed E-state index contributed by atoms with van der Waals surface area (Å²) in [6.07, 6.45) is -0.186. The topological polar surface area (TPSA) is 92.9 Å². The molecule has 0 aliphatic carbocycles. The van der Waals surface area contributed by atoms with E-state index in [9.17, 15) is 13.2 Å². The summed E-state index contributed by atoms with van der Waals surface area (Å²) in [7, 11) is -3.52. The molecule has 0 bridgehead atoms. The van der Waals surface area contributed by atoms with E-state index in [4.69, 9.17) is 33.7 Å². The monoisotopic (exact) mass is 499 g/mol. The van der Waals surface area contributed by atoms with Gasteiger partial charge in [-0.25, -0.2) is 8.42 Å². The fraction of sp³-hybridized carbons (Fsp3) is 0.409. The number of nitrogens with two attached hydrogens (primary N) is 1. The van der Waals surface area contributed by atoms with Crippen LogP contribution in [-0.4, -0.2) is 57.3 Å². The lowest BCUT2D eigenvalue weighted by atomic mass is 10.1. The Hall–Kier alpha value is -1.84. The summed E-state index contributed by atoms with van der Waals surface area (Å²) in [6, 6.07) is 12.4. The van der Waals surface area contributed by atoms with Crippen molar-refractivity contribution < 1.29 is 17.9 Å². The van der Waals surface area contributed by atoms with Gasteiger partial charge < -0.3 is 10.5 Å². The van der Waals surface area contributed by atoms with Crippen molar-refractivity contribution in [2.24, 2.45) is 5.73 Å². The molecule has 2 aromatic rings. The molecule has 3 rings (SSSR count). The Morgan fingerprint density at radius 2 is 1.84 bits per heavy atom. The number of ether oxygens (including phenoxy) is 1. The molecule has 1 unspecified atom stereocenters. The van der Waals surface area contributed by atoms with Crippen LogP contribution in [0.3, 0.4) is 0 Å². The molecule has 1 fully saturated rings. The van der Waals surface area contributed by atoms with Gasteiger partial charge in [0.05, 0.1) is 47.2 Å². The first-order chi connectivity index (χ1) is 15.2. The maximum absolute atomic E-state index is 12.8. The summed E-state index contributed by atoms with van der Waals surface area (Å²) < 4.78 is 33.0. The average molecular weight is 500 g/mol. The maximum atomic E-state index is 12.8. The predicted molar refractivity (Wildman–Crippen MR) is 128 cm³/mol. The Morgan fingerprint density at radius 1 is 1.16 bits per heavy atom. The molecule has 0 saturated carbocycles. The highest BCUT2D eigenvalue weighted by Gasteiger charge is 2.28. The number of halogens is 2.